The molecule has 0 radical (unpaired) electrons. The molecule has 1 aliphatic heterocycles. The van der Waals surface area contributed by atoms with Crippen molar-refractivity contribution in [3.05, 3.63) is 0 Å². The van der Waals surface area contributed by atoms with Crippen molar-refractivity contribution in [3.63, 3.8) is 0 Å². The summed E-state index contributed by atoms with van der Waals surface area (Å²) in [5, 5.41) is 10.2. The Labute approximate surface area is 141 Å². The van der Waals surface area contributed by atoms with Gasteiger partial charge in [-0.1, -0.05) is 12.8 Å². The molecule has 0 aromatic heterocycles. The fourth-order valence-corrected chi connectivity index (χ4v) is 3.67. The molecule has 2 rings (SSSR count). The molecule has 0 spiro atoms. The van der Waals surface area contributed by atoms with Gasteiger partial charge in [0.2, 0.25) is 0 Å². The summed E-state index contributed by atoms with van der Waals surface area (Å²) < 4.78 is 5.34. The van der Waals surface area contributed by atoms with Crippen LogP contribution in [0.25, 0.3) is 0 Å². The molecule has 0 aromatic rings. The number of carbonyl (C=O) groups excluding carboxylic acids is 1. The van der Waals surface area contributed by atoms with Crippen LogP contribution >= 0.6 is 0 Å². The van der Waals surface area contributed by atoms with Gasteiger partial charge in [-0.3, -0.25) is 0 Å². The maximum atomic E-state index is 11.9. The van der Waals surface area contributed by atoms with Crippen LogP contribution in [0.15, 0.2) is 0 Å². The molecule has 3 N–H and O–H groups in total. The quantitative estimate of drug-likeness (QED) is 0.727. The molecule has 0 bridgehead atoms. The van der Waals surface area contributed by atoms with E-state index >= 15 is 0 Å². The van der Waals surface area contributed by atoms with Gasteiger partial charge in [0.05, 0.1) is 0 Å². The normalized spacial score (nSPS) is 29.1. The van der Waals surface area contributed by atoms with Crippen molar-refractivity contribution in [1.82, 2.24) is 16.0 Å². The molecule has 1 saturated carbocycles. The number of alkyl carbamates (subject to hydrolysis) is 1. The third-order valence-electron chi connectivity index (χ3n) is 4.88. The number of hydrogen-bond donors (Lipinski definition) is 3. The summed E-state index contributed by atoms with van der Waals surface area (Å²) in [6, 6.07) is 0.528. The molecule has 1 saturated heterocycles. The number of hydrogen-bond acceptors (Lipinski definition) is 4. The second-order valence-electron chi connectivity index (χ2n) is 8.15. The van der Waals surface area contributed by atoms with Crippen LogP contribution in [-0.2, 0) is 4.74 Å². The molecular weight excluding hydrogens is 290 g/mol. The van der Waals surface area contributed by atoms with E-state index in [0.29, 0.717) is 12.0 Å². The lowest BCUT2D eigenvalue weighted by atomic mass is 9.84. The van der Waals surface area contributed by atoms with Crippen molar-refractivity contribution in [1.29, 1.82) is 0 Å². The molecule has 1 amide bonds. The van der Waals surface area contributed by atoms with Crippen LogP contribution in [0.3, 0.4) is 0 Å². The predicted octanol–water partition coefficient (Wildman–Crippen LogP) is 2.66. The van der Waals surface area contributed by atoms with Crippen LogP contribution in [0, 0.1) is 11.8 Å². The van der Waals surface area contributed by atoms with Crippen LogP contribution in [0.4, 0.5) is 4.79 Å². The highest BCUT2D eigenvalue weighted by atomic mass is 16.6. The third kappa shape index (κ3) is 7.08. The standard InChI is InChI=1S/C18H35N3O2/c1-18(2,3)23-17(22)21-13-15-8-4-5-9-16(15)20-12-14-7-6-10-19-11-14/h14-16,19-20H,4-13H2,1-3H3,(H,21,22). The number of rotatable bonds is 5. The van der Waals surface area contributed by atoms with Gasteiger partial charge in [0, 0.05) is 12.6 Å². The van der Waals surface area contributed by atoms with Crippen molar-refractivity contribution < 1.29 is 9.53 Å². The Morgan fingerprint density at radius 2 is 1.91 bits per heavy atom. The maximum absolute atomic E-state index is 11.9. The average Bonchev–Trinajstić information content (AvgIpc) is 2.51. The molecule has 0 aromatic carbocycles. The van der Waals surface area contributed by atoms with Gasteiger partial charge >= 0.3 is 6.09 Å². The van der Waals surface area contributed by atoms with Crippen molar-refractivity contribution >= 4 is 6.09 Å². The summed E-state index contributed by atoms with van der Waals surface area (Å²) in [5.74, 6) is 1.28. The lowest BCUT2D eigenvalue weighted by molar-refractivity contribution is 0.0510. The van der Waals surface area contributed by atoms with Gasteiger partial charge in [-0.05, 0) is 77.9 Å². The summed E-state index contributed by atoms with van der Waals surface area (Å²) in [7, 11) is 0. The molecule has 1 heterocycles. The van der Waals surface area contributed by atoms with Crippen LogP contribution < -0.4 is 16.0 Å². The van der Waals surface area contributed by atoms with Crippen molar-refractivity contribution in [2.24, 2.45) is 11.8 Å². The Hall–Kier alpha value is -0.810. The molecule has 2 fully saturated rings. The molecule has 23 heavy (non-hydrogen) atoms. The highest BCUT2D eigenvalue weighted by molar-refractivity contribution is 5.67. The van der Waals surface area contributed by atoms with Gasteiger partial charge in [-0.2, -0.15) is 0 Å². The number of amides is 1. The molecule has 2 aliphatic rings. The summed E-state index contributed by atoms with van der Waals surface area (Å²) >= 11 is 0. The molecular formula is C18H35N3O2. The van der Waals surface area contributed by atoms with Crippen LogP contribution in [0.1, 0.15) is 59.3 Å². The first-order valence-electron chi connectivity index (χ1n) is 9.35. The first-order chi connectivity index (χ1) is 10.9. The van der Waals surface area contributed by atoms with Gasteiger partial charge in [0.15, 0.2) is 0 Å². The summed E-state index contributed by atoms with van der Waals surface area (Å²) in [5.41, 5.74) is -0.428. The molecule has 3 unspecified atom stereocenters. The van der Waals surface area contributed by atoms with E-state index in [0.717, 1.165) is 25.6 Å². The molecule has 5 heteroatoms. The fourth-order valence-electron chi connectivity index (χ4n) is 3.67. The fraction of sp³-hybridized carbons (Fsp3) is 0.944. The topological polar surface area (TPSA) is 62.4 Å². The SMILES string of the molecule is CC(C)(C)OC(=O)NCC1CCCCC1NCC1CCCNC1. The predicted molar refractivity (Wildman–Crippen MR) is 93.6 cm³/mol. The Bertz CT molecular complexity index is 362. The smallest absolute Gasteiger partial charge is 0.407 e. The highest BCUT2D eigenvalue weighted by Gasteiger charge is 2.27. The monoisotopic (exact) mass is 325 g/mol. The minimum Gasteiger partial charge on any atom is -0.444 e. The first kappa shape index (κ1) is 18.5. The Morgan fingerprint density at radius 3 is 2.61 bits per heavy atom. The van der Waals surface area contributed by atoms with Gasteiger partial charge < -0.3 is 20.7 Å². The zero-order valence-electron chi connectivity index (χ0n) is 15.1. The van der Waals surface area contributed by atoms with Gasteiger partial charge in [0.1, 0.15) is 5.60 Å². The summed E-state index contributed by atoms with van der Waals surface area (Å²) in [6.45, 7) is 9.82. The van der Waals surface area contributed by atoms with E-state index in [1.165, 1.54) is 45.1 Å². The van der Waals surface area contributed by atoms with Crippen LogP contribution in [0.2, 0.25) is 0 Å². The van der Waals surface area contributed by atoms with E-state index in [1.54, 1.807) is 0 Å². The van der Waals surface area contributed by atoms with Gasteiger partial charge in [-0.15, -0.1) is 0 Å². The zero-order valence-corrected chi connectivity index (χ0v) is 15.1. The highest BCUT2D eigenvalue weighted by Crippen LogP contribution is 2.24. The molecule has 3 atom stereocenters. The minimum absolute atomic E-state index is 0.293. The molecule has 1 aliphatic carbocycles. The maximum Gasteiger partial charge on any atom is 0.407 e. The zero-order chi connectivity index (χ0) is 16.7. The summed E-state index contributed by atoms with van der Waals surface area (Å²) in [6.07, 6.45) is 7.30. The number of carbonyl (C=O) groups is 1. The van der Waals surface area contributed by atoms with Gasteiger partial charge in [0.25, 0.3) is 0 Å². The third-order valence-corrected chi connectivity index (χ3v) is 4.88. The van der Waals surface area contributed by atoms with E-state index in [4.69, 9.17) is 4.74 Å². The van der Waals surface area contributed by atoms with Crippen molar-refractivity contribution in [3.8, 4) is 0 Å². The Balaban J connectivity index is 1.73. The number of nitrogens with one attached hydrogen (secondary N) is 3. The van der Waals surface area contributed by atoms with Crippen molar-refractivity contribution in [2.45, 2.75) is 70.9 Å². The largest absolute Gasteiger partial charge is 0.444 e. The molecule has 134 valence electrons. The average molecular weight is 325 g/mol. The minimum atomic E-state index is -0.428. The van der Waals surface area contributed by atoms with E-state index in [-0.39, 0.29) is 6.09 Å². The molecule has 5 nitrogen and oxygen atoms in total. The van der Waals surface area contributed by atoms with Gasteiger partial charge in [-0.25, -0.2) is 4.79 Å². The first-order valence-corrected chi connectivity index (χ1v) is 9.35. The van der Waals surface area contributed by atoms with E-state index in [9.17, 15) is 4.79 Å². The number of piperidine rings is 1. The second kappa shape index (κ2) is 8.88. The Morgan fingerprint density at radius 1 is 1.13 bits per heavy atom. The lowest BCUT2D eigenvalue weighted by Gasteiger charge is -2.34. The number of ether oxygens (including phenoxy) is 1. The lowest BCUT2D eigenvalue weighted by Crippen LogP contribution is -2.47. The van der Waals surface area contributed by atoms with E-state index in [1.807, 2.05) is 20.8 Å². The van der Waals surface area contributed by atoms with Crippen LogP contribution in [-0.4, -0.2) is 43.9 Å². The second-order valence-corrected chi connectivity index (χ2v) is 8.15. The van der Waals surface area contributed by atoms with E-state index < -0.39 is 5.60 Å². The Kier molecular flexibility index (Phi) is 7.15. The van der Waals surface area contributed by atoms with Crippen LogP contribution in [0.5, 0.6) is 0 Å². The van der Waals surface area contributed by atoms with E-state index in [2.05, 4.69) is 16.0 Å². The summed E-state index contributed by atoms with van der Waals surface area (Å²) in [4.78, 5) is 11.9. The van der Waals surface area contributed by atoms with Crippen molar-refractivity contribution in [2.75, 3.05) is 26.2 Å².